The Morgan fingerprint density at radius 1 is 1.50 bits per heavy atom. The molecule has 0 aromatic heterocycles. The van der Waals surface area contributed by atoms with Gasteiger partial charge in [0.25, 0.3) is 0 Å². The number of esters is 1. The molecular formula is C14H16ClNO4. The number of aliphatic hydroxyl groups is 1. The fourth-order valence-electron chi connectivity index (χ4n) is 2.38. The molecule has 1 amide bonds. The normalized spacial score (nSPS) is 21.6. The summed E-state index contributed by atoms with van der Waals surface area (Å²) in [6.07, 6.45) is -1.17. The van der Waals surface area contributed by atoms with E-state index in [9.17, 15) is 14.7 Å². The molecule has 6 heteroatoms. The third-order valence-corrected chi connectivity index (χ3v) is 3.63. The van der Waals surface area contributed by atoms with Crippen LogP contribution in [0.25, 0.3) is 0 Å². The summed E-state index contributed by atoms with van der Waals surface area (Å²) in [5, 5.41) is 10.8. The van der Waals surface area contributed by atoms with Gasteiger partial charge in [0.1, 0.15) is 0 Å². The number of hydrogen-bond acceptors (Lipinski definition) is 4. The zero-order chi connectivity index (χ0) is 14.9. The minimum absolute atomic E-state index is 0.139. The van der Waals surface area contributed by atoms with Crippen molar-refractivity contribution in [3.63, 3.8) is 0 Å². The quantitative estimate of drug-likeness (QED) is 0.866. The molecule has 0 fully saturated rings. The zero-order valence-corrected chi connectivity index (χ0v) is 12.1. The van der Waals surface area contributed by atoms with Crippen LogP contribution in [0.4, 0.5) is 5.69 Å². The number of nitrogens with zero attached hydrogens (tertiary/aromatic N) is 1. The summed E-state index contributed by atoms with van der Waals surface area (Å²) in [6.45, 7) is 1.94. The van der Waals surface area contributed by atoms with Gasteiger partial charge in [-0.15, -0.1) is 0 Å². The van der Waals surface area contributed by atoms with Crippen molar-refractivity contribution < 1.29 is 19.4 Å². The average Bonchev–Trinajstić information content (AvgIpc) is 2.41. The van der Waals surface area contributed by atoms with Crippen LogP contribution in [0.3, 0.4) is 0 Å². The summed E-state index contributed by atoms with van der Waals surface area (Å²) < 4.78 is 4.84. The Bertz CT molecular complexity index is 546. The molecule has 1 aromatic rings. The van der Waals surface area contributed by atoms with E-state index in [1.165, 1.54) is 4.90 Å². The number of fused-ring (bicyclic) bond motifs is 1. The molecule has 20 heavy (non-hydrogen) atoms. The van der Waals surface area contributed by atoms with Crippen molar-refractivity contribution in [2.45, 2.75) is 19.4 Å². The molecule has 5 nitrogen and oxygen atoms in total. The largest absolute Gasteiger partial charge is 0.466 e. The zero-order valence-electron chi connectivity index (χ0n) is 11.3. The summed E-state index contributed by atoms with van der Waals surface area (Å²) >= 11 is 5.91. The van der Waals surface area contributed by atoms with E-state index in [2.05, 4.69) is 0 Å². The highest BCUT2D eigenvalue weighted by Crippen LogP contribution is 2.39. The van der Waals surface area contributed by atoms with Gasteiger partial charge in [-0.1, -0.05) is 17.7 Å². The second-order valence-corrected chi connectivity index (χ2v) is 5.10. The van der Waals surface area contributed by atoms with Crippen molar-refractivity contribution in [2.24, 2.45) is 5.92 Å². The van der Waals surface area contributed by atoms with Gasteiger partial charge in [0.05, 0.1) is 30.7 Å². The van der Waals surface area contributed by atoms with E-state index in [1.807, 2.05) is 0 Å². The first kappa shape index (κ1) is 14.8. The standard InChI is InChI=1S/C14H16ClNO4/c1-3-20-12(17)7-10-13(18)9-5-4-8(15)6-11(9)16(2)14(10)19/h4-6,10,13,18H,3,7H2,1-2H3. The second-order valence-electron chi connectivity index (χ2n) is 4.66. The molecule has 2 rings (SSSR count). The lowest BCUT2D eigenvalue weighted by Crippen LogP contribution is -2.42. The minimum atomic E-state index is -1.03. The molecule has 108 valence electrons. The van der Waals surface area contributed by atoms with E-state index in [0.717, 1.165) is 0 Å². The fourth-order valence-corrected chi connectivity index (χ4v) is 2.54. The van der Waals surface area contributed by atoms with Gasteiger partial charge in [0.15, 0.2) is 0 Å². The van der Waals surface area contributed by atoms with Crippen LogP contribution in [-0.4, -0.2) is 30.6 Å². The number of anilines is 1. The lowest BCUT2D eigenvalue weighted by Gasteiger charge is -2.34. The molecule has 1 aliphatic heterocycles. The van der Waals surface area contributed by atoms with Crippen LogP contribution in [-0.2, 0) is 14.3 Å². The predicted octanol–water partition coefficient (Wildman–Crippen LogP) is 1.92. The molecule has 1 aromatic carbocycles. The maximum atomic E-state index is 12.3. The number of ether oxygens (including phenoxy) is 1. The molecular weight excluding hydrogens is 282 g/mol. The van der Waals surface area contributed by atoms with Crippen LogP contribution >= 0.6 is 11.6 Å². The highest BCUT2D eigenvalue weighted by molar-refractivity contribution is 6.31. The SMILES string of the molecule is CCOC(=O)CC1C(=O)N(C)c2cc(Cl)ccc2C1O. The summed E-state index contributed by atoms with van der Waals surface area (Å²) in [6, 6.07) is 4.94. The van der Waals surface area contributed by atoms with E-state index in [0.29, 0.717) is 16.3 Å². The van der Waals surface area contributed by atoms with Crippen LogP contribution < -0.4 is 4.90 Å². The van der Waals surface area contributed by atoms with Crippen molar-refractivity contribution in [1.29, 1.82) is 0 Å². The highest BCUT2D eigenvalue weighted by atomic mass is 35.5. The van der Waals surface area contributed by atoms with Crippen molar-refractivity contribution in [3.8, 4) is 0 Å². The number of carbonyl (C=O) groups is 2. The van der Waals surface area contributed by atoms with Crippen LogP contribution in [0.1, 0.15) is 25.0 Å². The van der Waals surface area contributed by atoms with Gasteiger partial charge in [-0.25, -0.2) is 0 Å². The third-order valence-electron chi connectivity index (χ3n) is 3.39. The molecule has 0 saturated carbocycles. The number of benzene rings is 1. The smallest absolute Gasteiger partial charge is 0.306 e. The van der Waals surface area contributed by atoms with Gasteiger partial charge in [-0.05, 0) is 19.1 Å². The van der Waals surface area contributed by atoms with E-state index in [4.69, 9.17) is 16.3 Å². The van der Waals surface area contributed by atoms with E-state index in [1.54, 1.807) is 32.2 Å². The van der Waals surface area contributed by atoms with Crippen molar-refractivity contribution in [1.82, 2.24) is 0 Å². The fraction of sp³-hybridized carbons (Fsp3) is 0.429. The molecule has 1 N–H and O–H groups in total. The van der Waals surface area contributed by atoms with Crippen molar-refractivity contribution >= 4 is 29.2 Å². The number of aliphatic hydroxyl groups excluding tert-OH is 1. The number of carbonyl (C=O) groups excluding carboxylic acids is 2. The Morgan fingerprint density at radius 2 is 2.20 bits per heavy atom. The Hall–Kier alpha value is -1.59. The Labute approximate surface area is 122 Å². The van der Waals surface area contributed by atoms with Crippen LogP contribution in [0.15, 0.2) is 18.2 Å². The number of amides is 1. The van der Waals surface area contributed by atoms with Gasteiger partial charge in [0.2, 0.25) is 5.91 Å². The summed E-state index contributed by atoms with van der Waals surface area (Å²) in [5.41, 5.74) is 1.15. The van der Waals surface area contributed by atoms with E-state index < -0.39 is 18.0 Å². The lowest BCUT2D eigenvalue weighted by atomic mass is 9.86. The van der Waals surface area contributed by atoms with Crippen LogP contribution in [0, 0.1) is 5.92 Å². The third kappa shape index (κ3) is 2.64. The minimum Gasteiger partial charge on any atom is -0.466 e. The van der Waals surface area contributed by atoms with Gasteiger partial charge < -0.3 is 14.7 Å². The van der Waals surface area contributed by atoms with Crippen LogP contribution in [0.5, 0.6) is 0 Å². The topological polar surface area (TPSA) is 66.8 Å². The molecule has 0 aliphatic carbocycles. The first-order chi connectivity index (χ1) is 9.45. The second kappa shape index (κ2) is 5.81. The predicted molar refractivity (Wildman–Crippen MR) is 74.6 cm³/mol. The van der Waals surface area contributed by atoms with Gasteiger partial charge in [-0.3, -0.25) is 9.59 Å². The van der Waals surface area contributed by atoms with E-state index >= 15 is 0 Å². The van der Waals surface area contributed by atoms with E-state index in [-0.39, 0.29) is 18.9 Å². The summed E-state index contributed by atoms with van der Waals surface area (Å²) in [7, 11) is 1.60. The Morgan fingerprint density at radius 3 is 2.85 bits per heavy atom. The molecule has 0 spiro atoms. The van der Waals surface area contributed by atoms with Gasteiger partial charge >= 0.3 is 5.97 Å². The van der Waals surface area contributed by atoms with Crippen LogP contribution in [0.2, 0.25) is 5.02 Å². The van der Waals surface area contributed by atoms with Crippen molar-refractivity contribution in [3.05, 3.63) is 28.8 Å². The first-order valence-corrected chi connectivity index (χ1v) is 6.74. The lowest BCUT2D eigenvalue weighted by molar-refractivity contribution is -0.148. The number of hydrogen-bond donors (Lipinski definition) is 1. The Balaban J connectivity index is 2.32. The summed E-state index contributed by atoms with van der Waals surface area (Å²) in [5.74, 6) is -1.64. The number of rotatable bonds is 3. The molecule has 2 unspecified atom stereocenters. The molecule has 0 bridgehead atoms. The van der Waals surface area contributed by atoms with Gasteiger partial charge in [-0.2, -0.15) is 0 Å². The molecule has 2 atom stereocenters. The number of halogens is 1. The monoisotopic (exact) mass is 297 g/mol. The van der Waals surface area contributed by atoms with Gasteiger partial charge in [0, 0.05) is 17.6 Å². The molecule has 0 radical (unpaired) electrons. The van der Waals surface area contributed by atoms with Crippen molar-refractivity contribution in [2.75, 3.05) is 18.6 Å². The molecule has 1 heterocycles. The maximum Gasteiger partial charge on any atom is 0.306 e. The summed E-state index contributed by atoms with van der Waals surface area (Å²) in [4.78, 5) is 25.2. The first-order valence-electron chi connectivity index (χ1n) is 6.36. The maximum absolute atomic E-state index is 12.3. The average molecular weight is 298 g/mol. The Kier molecular flexibility index (Phi) is 4.30. The highest BCUT2D eigenvalue weighted by Gasteiger charge is 2.39. The molecule has 1 aliphatic rings. The molecule has 0 saturated heterocycles.